The largest absolute Gasteiger partial charge is 0.478 e. The van der Waals surface area contributed by atoms with Gasteiger partial charge in [0.1, 0.15) is 17.3 Å². The van der Waals surface area contributed by atoms with Crippen LogP contribution in [0.3, 0.4) is 0 Å². The standard InChI is InChI=1S/C25H38FNO6/c1-23(2,3)17-12-10-16(11-13-17)14-19(20(28)29)32-21(30)18(15-25(7,8)26)27(9)22(31)33-24(4,5)6/h10-13,18-19H,14-15H2,1-9H3,(H,28,29)/t18-,19+/m0/s1. The summed E-state index contributed by atoms with van der Waals surface area (Å²) in [5, 5.41) is 9.63. The molecule has 7 nitrogen and oxygen atoms in total. The Balaban J connectivity index is 3.07. The lowest BCUT2D eigenvalue weighted by atomic mass is 9.86. The Labute approximate surface area is 196 Å². The number of hydrogen-bond acceptors (Lipinski definition) is 5. The van der Waals surface area contributed by atoms with Crippen molar-refractivity contribution >= 4 is 18.0 Å². The molecule has 33 heavy (non-hydrogen) atoms. The van der Waals surface area contributed by atoms with Crippen LogP contribution in [0.5, 0.6) is 0 Å². The van der Waals surface area contributed by atoms with E-state index >= 15 is 0 Å². The lowest BCUT2D eigenvalue weighted by Crippen LogP contribution is -2.49. The average molecular weight is 468 g/mol. The number of carboxylic acid groups (broad SMARTS) is 1. The summed E-state index contributed by atoms with van der Waals surface area (Å²) in [6.45, 7) is 13.7. The van der Waals surface area contributed by atoms with Crippen LogP contribution in [0.1, 0.15) is 72.9 Å². The van der Waals surface area contributed by atoms with E-state index in [0.717, 1.165) is 10.5 Å². The van der Waals surface area contributed by atoms with E-state index in [-0.39, 0.29) is 18.3 Å². The van der Waals surface area contributed by atoms with Crippen LogP contribution in [0, 0.1) is 0 Å². The van der Waals surface area contributed by atoms with Gasteiger partial charge < -0.3 is 14.6 Å². The molecule has 0 heterocycles. The van der Waals surface area contributed by atoms with Crippen molar-refractivity contribution in [2.75, 3.05) is 7.05 Å². The molecule has 0 unspecified atom stereocenters. The maximum atomic E-state index is 14.4. The Morgan fingerprint density at radius 1 is 1.00 bits per heavy atom. The molecule has 1 aromatic carbocycles. The van der Waals surface area contributed by atoms with E-state index in [1.165, 1.54) is 20.9 Å². The van der Waals surface area contributed by atoms with Crippen LogP contribution in [-0.2, 0) is 30.9 Å². The van der Waals surface area contributed by atoms with Gasteiger partial charge in [0.15, 0.2) is 0 Å². The highest BCUT2D eigenvalue weighted by Gasteiger charge is 2.38. The number of carboxylic acids is 1. The van der Waals surface area contributed by atoms with Crippen LogP contribution in [0.15, 0.2) is 24.3 Å². The maximum Gasteiger partial charge on any atom is 0.410 e. The van der Waals surface area contributed by atoms with E-state index in [9.17, 15) is 23.9 Å². The number of benzene rings is 1. The molecule has 0 saturated carbocycles. The quantitative estimate of drug-likeness (QED) is 0.547. The van der Waals surface area contributed by atoms with Crippen LogP contribution in [0.2, 0.25) is 0 Å². The number of carbonyl (C=O) groups is 3. The first-order chi connectivity index (χ1) is 14.8. The minimum atomic E-state index is -1.82. The summed E-state index contributed by atoms with van der Waals surface area (Å²) in [7, 11) is 1.30. The Hall–Kier alpha value is -2.64. The summed E-state index contributed by atoms with van der Waals surface area (Å²) in [6, 6.07) is 6.03. The van der Waals surface area contributed by atoms with E-state index in [2.05, 4.69) is 20.8 Å². The summed E-state index contributed by atoms with van der Waals surface area (Å²) in [4.78, 5) is 38.2. The highest BCUT2D eigenvalue weighted by atomic mass is 19.1. The minimum absolute atomic E-state index is 0.0597. The zero-order chi connectivity index (χ0) is 25.8. The number of carbonyl (C=O) groups excluding carboxylic acids is 2. The zero-order valence-electron chi connectivity index (χ0n) is 21.2. The van der Waals surface area contributed by atoms with Crippen LogP contribution < -0.4 is 0 Å². The SMILES string of the molecule is CN(C(=O)OC(C)(C)C)[C@@H](CC(C)(C)F)C(=O)O[C@H](Cc1ccc(C(C)(C)C)cc1)C(=O)O. The molecule has 0 aliphatic carbocycles. The van der Waals surface area contributed by atoms with Gasteiger partial charge in [-0.05, 0) is 51.2 Å². The summed E-state index contributed by atoms with van der Waals surface area (Å²) in [5.41, 5.74) is -0.948. The number of halogens is 1. The van der Waals surface area contributed by atoms with Gasteiger partial charge in [-0.25, -0.2) is 18.8 Å². The Bertz CT molecular complexity index is 830. The second-order valence-corrected chi connectivity index (χ2v) is 10.9. The molecule has 2 atom stereocenters. The minimum Gasteiger partial charge on any atom is -0.478 e. The monoisotopic (exact) mass is 467 g/mol. The predicted molar refractivity (Wildman–Crippen MR) is 124 cm³/mol. The van der Waals surface area contributed by atoms with Crippen LogP contribution in [0.25, 0.3) is 0 Å². The smallest absolute Gasteiger partial charge is 0.410 e. The van der Waals surface area contributed by atoms with Gasteiger partial charge in [0.05, 0.1) is 0 Å². The first kappa shape index (κ1) is 28.4. The summed E-state index contributed by atoms with van der Waals surface area (Å²) < 4.78 is 25.0. The van der Waals surface area contributed by atoms with Crippen LogP contribution >= 0.6 is 0 Å². The second-order valence-electron chi connectivity index (χ2n) is 10.9. The van der Waals surface area contributed by atoms with Crippen molar-refractivity contribution in [2.24, 2.45) is 0 Å². The number of nitrogens with zero attached hydrogens (tertiary/aromatic N) is 1. The topological polar surface area (TPSA) is 93.1 Å². The van der Waals surface area contributed by atoms with Crippen molar-refractivity contribution in [1.29, 1.82) is 0 Å². The first-order valence-corrected chi connectivity index (χ1v) is 11.0. The number of alkyl halides is 1. The van der Waals surface area contributed by atoms with E-state index in [1.807, 2.05) is 12.1 Å². The number of rotatable bonds is 8. The highest BCUT2D eigenvalue weighted by molar-refractivity contribution is 5.84. The molecule has 0 aliphatic heterocycles. The molecule has 0 bridgehead atoms. The zero-order valence-corrected chi connectivity index (χ0v) is 21.2. The molecule has 1 N–H and O–H groups in total. The normalized spacial score (nSPS) is 14.2. The van der Waals surface area contributed by atoms with E-state index in [4.69, 9.17) is 9.47 Å². The summed E-state index contributed by atoms with van der Waals surface area (Å²) >= 11 is 0. The molecule has 1 rings (SSSR count). The van der Waals surface area contributed by atoms with Gasteiger partial charge in [0.2, 0.25) is 6.10 Å². The molecule has 1 aromatic rings. The highest BCUT2D eigenvalue weighted by Crippen LogP contribution is 2.24. The van der Waals surface area contributed by atoms with Crippen LogP contribution in [0.4, 0.5) is 9.18 Å². The molecule has 0 spiro atoms. The number of ether oxygens (including phenoxy) is 2. The molecule has 0 aliphatic rings. The van der Waals surface area contributed by atoms with Crippen molar-refractivity contribution in [1.82, 2.24) is 4.90 Å². The predicted octanol–water partition coefficient (Wildman–Crippen LogP) is 4.90. The summed E-state index contributed by atoms with van der Waals surface area (Å²) in [5.74, 6) is -2.34. The van der Waals surface area contributed by atoms with Crippen molar-refractivity contribution < 1.29 is 33.4 Å². The van der Waals surface area contributed by atoms with Crippen molar-refractivity contribution in [3.05, 3.63) is 35.4 Å². The van der Waals surface area contributed by atoms with Gasteiger partial charge in [0.25, 0.3) is 0 Å². The van der Waals surface area contributed by atoms with Crippen molar-refractivity contribution in [2.45, 2.75) is 97.1 Å². The van der Waals surface area contributed by atoms with E-state index < -0.39 is 41.4 Å². The molecule has 186 valence electrons. The van der Waals surface area contributed by atoms with Gasteiger partial charge in [-0.2, -0.15) is 0 Å². The van der Waals surface area contributed by atoms with Gasteiger partial charge in [-0.15, -0.1) is 0 Å². The molecule has 1 amide bonds. The fourth-order valence-corrected chi connectivity index (χ4v) is 3.05. The average Bonchev–Trinajstić information content (AvgIpc) is 2.62. The molecule has 0 fully saturated rings. The molecule has 0 aromatic heterocycles. The number of amides is 1. The Morgan fingerprint density at radius 3 is 1.91 bits per heavy atom. The molecular weight excluding hydrogens is 429 g/mol. The van der Waals surface area contributed by atoms with E-state index in [0.29, 0.717) is 5.56 Å². The number of likely N-dealkylation sites (N-methyl/N-ethyl adjacent to an activating group) is 1. The number of esters is 1. The Morgan fingerprint density at radius 2 is 1.52 bits per heavy atom. The summed E-state index contributed by atoms with van der Waals surface area (Å²) in [6.07, 6.45) is -2.77. The molecule has 8 heteroatoms. The third-order valence-electron chi connectivity index (χ3n) is 4.87. The van der Waals surface area contributed by atoms with Gasteiger partial charge in [-0.1, -0.05) is 45.0 Å². The second kappa shape index (κ2) is 10.5. The van der Waals surface area contributed by atoms with Crippen molar-refractivity contribution in [3.63, 3.8) is 0 Å². The molecule has 0 saturated heterocycles. The van der Waals surface area contributed by atoms with Crippen molar-refractivity contribution in [3.8, 4) is 0 Å². The van der Waals surface area contributed by atoms with Gasteiger partial charge in [0, 0.05) is 19.9 Å². The van der Waals surface area contributed by atoms with Crippen LogP contribution in [-0.4, -0.2) is 58.5 Å². The fraction of sp³-hybridized carbons (Fsp3) is 0.640. The maximum absolute atomic E-state index is 14.4. The number of hydrogen-bond donors (Lipinski definition) is 1. The van der Waals surface area contributed by atoms with Gasteiger partial charge >= 0.3 is 18.0 Å². The Kier molecular flexibility index (Phi) is 9.06. The molecular formula is C25H38FNO6. The lowest BCUT2D eigenvalue weighted by molar-refractivity contribution is -0.168. The van der Waals surface area contributed by atoms with Gasteiger partial charge in [-0.3, -0.25) is 4.90 Å². The third kappa shape index (κ3) is 9.80. The van der Waals surface area contributed by atoms with E-state index in [1.54, 1.807) is 32.9 Å². The number of aliphatic carboxylic acids is 1. The molecule has 0 radical (unpaired) electrons. The fourth-order valence-electron chi connectivity index (χ4n) is 3.05. The first-order valence-electron chi connectivity index (χ1n) is 11.0. The third-order valence-corrected chi connectivity index (χ3v) is 4.87. The lowest BCUT2D eigenvalue weighted by Gasteiger charge is -2.32.